The quantitative estimate of drug-likeness (QED) is 0.887. The summed E-state index contributed by atoms with van der Waals surface area (Å²) in [6.07, 6.45) is 3.52. The minimum atomic E-state index is -0.310. The van der Waals surface area contributed by atoms with Gasteiger partial charge >= 0.3 is 0 Å². The maximum atomic E-state index is 12.2. The zero-order chi connectivity index (χ0) is 16.1. The second-order valence-electron chi connectivity index (χ2n) is 5.19. The first-order valence-electron chi connectivity index (χ1n) is 7.45. The van der Waals surface area contributed by atoms with Gasteiger partial charge in [-0.25, -0.2) is 4.98 Å². The molecule has 0 aromatic carbocycles. The van der Waals surface area contributed by atoms with Gasteiger partial charge in [0.1, 0.15) is 5.56 Å². The molecule has 3 heterocycles. The van der Waals surface area contributed by atoms with Gasteiger partial charge in [-0.1, -0.05) is 0 Å². The maximum absolute atomic E-state index is 12.2. The Morgan fingerprint density at radius 3 is 3.17 bits per heavy atom. The van der Waals surface area contributed by atoms with Gasteiger partial charge < -0.3 is 19.2 Å². The third-order valence-electron chi connectivity index (χ3n) is 3.60. The molecule has 23 heavy (non-hydrogen) atoms. The molecule has 0 saturated carbocycles. The van der Waals surface area contributed by atoms with Crippen molar-refractivity contribution in [1.82, 2.24) is 20.5 Å². The normalized spacial score (nSPS) is 17.7. The highest BCUT2D eigenvalue weighted by Crippen LogP contribution is 2.24. The largest absolute Gasteiger partial charge is 0.480 e. The molecule has 1 aliphatic rings. The standard InChI is InChI=1S/C15H18N4O4/c1-21-15-11(5-2-6-16-15)13(20)17-8-12-18-19-14(23-12)10-4-3-7-22-9-10/h2,5-6,10H,3-4,7-9H2,1H3,(H,17,20). The molecule has 3 rings (SSSR count). The fraction of sp³-hybridized carbons (Fsp3) is 0.467. The Morgan fingerprint density at radius 1 is 1.48 bits per heavy atom. The fourth-order valence-corrected chi connectivity index (χ4v) is 2.42. The number of nitrogens with one attached hydrogen (secondary N) is 1. The molecule has 1 amide bonds. The van der Waals surface area contributed by atoms with Crippen LogP contribution in [0.4, 0.5) is 0 Å². The molecule has 1 saturated heterocycles. The van der Waals surface area contributed by atoms with Crippen LogP contribution in [0.25, 0.3) is 0 Å². The van der Waals surface area contributed by atoms with Crippen molar-refractivity contribution in [2.45, 2.75) is 25.3 Å². The van der Waals surface area contributed by atoms with Crippen LogP contribution < -0.4 is 10.1 Å². The highest BCUT2D eigenvalue weighted by atomic mass is 16.5. The predicted octanol–water partition coefficient (Wildman–Crippen LogP) is 1.30. The lowest BCUT2D eigenvalue weighted by Crippen LogP contribution is -2.23. The summed E-state index contributed by atoms with van der Waals surface area (Å²) in [4.78, 5) is 16.2. The summed E-state index contributed by atoms with van der Waals surface area (Å²) in [5, 5.41) is 10.7. The maximum Gasteiger partial charge on any atom is 0.257 e. The Hall–Kier alpha value is -2.48. The molecular weight excluding hydrogens is 300 g/mol. The van der Waals surface area contributed by atoms with Crippen molar-refractivity contribution in [3.05, 3.63) is 35.7 Å². The SMILES string of the molecule is COc1ncccc1C(=O)NCc1nnc(C2CCCOC2)o1. The fourth-order valence-electron chi connectivity index (χ4n) is 2.42. The summed E-state index contributed by atoms with van der Waals surface area (Å²) in [5.41, 5.74) is 0.357. The molecule has 2 aromatic heterocycles. The predicted molar refractivity (Wildman–Crippen MR) is 79.1 cm³/mol. The topological polar surface area (TPSA) is 99.4 Å². The van der Waals surface area contributed by atoms with Crippen LogP contribution in [0.3, 0.4) is 0 Å². The number of hydrogen-bond donors (Lipinski definition) is 1. The summed E-state index contributed by atoms with van der Waals surface area (Å²) in [6, 6.07) is 3.31. The number of carbonyl (C=O) groups is 1. The molecule has 0 bridgehead atoms. The number of methoxy groups -OCH3 is 1. The lowest BCUT2D eigenvalue weighted by Gasteiger charge is -2.18. The summed E-state index contributed by atoms with van der Waals surface area (Å²) >= 11 is 0. The van der Waals surface area contributed by atoms with Crippen LogP contribution in [0.15, 0.2) is 22.7 Å². The summed E-state index contributed by atoms with van der Waals surface area (Å²) in [6.45, 7) is 1.53. The van der Waals surface area contributed by atoms with Crippen LogP contribution in [0, 0.1) is 0 Å². The molecule has 1 atom stereocenters. The molecular formula is C15H18N4O4. The number of nitrogens with zero attached hydrogens (tertiary/aromatic N) is 3. The molecule has 1 aliphatic heterocycles. The minimum Gasteiger partial charge on any atom is -0.480 e. The zero-order valence-electron chi connectivity index (χ0n) is 12.8. The van der Waals surface area contributed by atoms with Crippen molar-refractivity contribution in [3.8, 4) is 5.88 Å². The van der Waals surface area contributed by atoms with Gasteiger partial charge in [-0.05, 0) is 25.0 Å². The van der Waals surface area contributed by atoms with E-state index in [4.69, 9.17) is 13.9 Å². The van der Waals surface area contributed by atoms with Crippen LogP contribution in [-0.4, -0.2) is 41.4 Å². The third-order valence-corrected chi connectivity index (χ3v) is 3.60. The Balaban J connectivity index is 1.60. The molecule has 122 valence electrons. The molecule has 0 radical (unpaired) electrons. The van der Waals surface area contributed by atoms with Crippen LogP contribution in [-0.2, 0) is 11.3 Å². The van der Waals surface area contributed by atoms with Gasteiger partial charge in [0.15, 0.2) is 0 Å². The van der Waals surface area contributed by atoms with Crippen LogP contribution in [0.5, 0.6) is 5.88 Å². The van der Waals surface area contributed by atoms with Crippen LogP contribution >= 0.6 is 0 Å². The smallest absolute Gasteiger partial charge is 0.257 e. The van der Waals surface area contributed by atoms with E-state index < -0.39 is 0 Å². The third kappa shape index (κ3) is 3.65. The van der Waals surface area contributed by atoms with Gasteiger partial charge in [0, 0.05) is 12.8 Å². The van der Waals surface area contributed by atoms with E-state index in [9.17, 15) is 4.79 Å². The van der Waals surface area contributed by atoms with E-state index in [0.29, 0.717) is 24.0 Å². The molecule has 0 spiro atoms. The number of aromatic nitrogens is 3. The summed E-state index contributed by atoms with van der Waals surface area (Å²) in [5.74, 6) is 1.03. The van der Waals surface area contributed by atoms with Gasteiger partial charge in [0.25, 0.3) is 5.91 Å². The first-order chi connectivity index (χ1) is 11.3. The molecule has 2 aromatic rings. The van der Waals surface area contributed by atoms with Crippen LogP contribution in [0.1, 0.15) is 40.9 Å². The first kappa shape index (κ1) is 15.4. The molecule has 1 N–H and O–H groups in total. The Kier molecular flexibility index (Phi) is 4.82. The van der Waals surface area contributed by atoms with E-state index in [2.05, 4.69) is 20.5 Å². The number of hydrogen-bond acceptors (Lipinski definition) is 7. The van der Waals surface area contributed by atoms with Gasteiger partial charge in [-0.2, -0.15) is 0 Å². The molecule has 0 aliphatic carbocycles. The van der Waals surface area contributed by atoms with Crippen molar-refractivity contribution in [2.24, 2.45) is 0 Å². The highest BCUT2D eigenvalue weighted by Gasteiger charge is 2.22. The van der Waals surface area contributed by atoms with E-state index in [1.54, 1.807) is 18.3 Å². The monoisotopic (exact) mass is 318 g/mol. The van der Waals surface area contributed by atoms with E-state index >= 15 is 0 Å². The average molecular weight is 318 g/mol. The highest BCUT2D eigenvalue weighted by molar-refractivity contribution is 5.96. The Morgan fingerprint density at radius 2 is 2.39 bits per heavy atom. The van der Waals surface area contributed by atoms with Gasteiger partial charge in [0.05, 0.1) is 26.2 Å². The average Bonchev–Trinajstić information content (AvgIpc) is 3.09. The van der Waals surface area contributed by atoms with Gasteiger partial charge in [0.2, 0.25) is 17.7 Å². The second-order valence-corrected chi connectivity index (χ2v) is 5.19. The Labute approximate surface area is 133 Å². The number of pyridine rings is 1. The van der Waals surface area contributed by atoms with Gasteiger partial charge in [-0.15, -0.1) is 10.2 Å². The van der Waals surface area contributed by atoms with E-state index in [0.717, 1.165) is 19.4 Å². The van der Waals surface area contributed by atoms with E-state index in [-0.39, 0.29) is 24.2 Å². The Bertz CT molecular complexity index is 667. The molecule has 1 unspecified atom stereocenters. The lowest BCUT2D eigenvalue weighted by atomic mass is 10.0. The number of carbonyl (C=O) groups excluding carboxylic acids is 1. The van der Waals surface area contributed by atoms with Crippen molar-refractivity contribution < 1.29 is 18.7 Å². The van der Waals surface area contributed by atoms with Crippen molar-refractivity contribution in [1.29, 1.82) is 0 Å². The minimum absolute atomic E-state index is 0.138. The number of amides is 1. The summed E-state index contributed by atoms with van der Waals surface area (Å²) in [7, 11) is 1.47. The van der Waals surface area contributed by atoms with Crippen LogP contribution in [0.2, 0.25) is 0 Å². The zero-order valence-corrected chi connectivity index (χ0v) is 12.8. The molecule has 8 heteroatoms. The second kappa shape index (κ2) is 7.19. The number of ether oxygens (including phenoxy) is 2. The van der Waals surface area contributed by atoms with Crippen molar-refractivity contribution in [3.63, 3.8) is 0 Å². The first-order valence-corrected chi connectivity index (χ1v) is 7.45. The van der Waals surface area contributed by atoms with Crippen molar-refractivity contribution in [2.75, 3.05) is 20.3 Å². The van der Waals surface area contributed by atoms with Crippen molar-refractivity contribution >= 4 is 5.91 Å². The van der Waals surface area contributed by atoms with Gasteiger partial charge in [-0.3, -0.25) is 4.79 Å². The summed E-state index contributed by atoms with van der Waals surface area (Å²) < 4.78 is 16.1. The molecule has 1 fully saturated rings. The lowest BCUT2D eigenvalue weighted by molar-refractivity contribution is 0.0720. The number of rotatable bonds is 5. The van der Waals surface area contributed by atoms with E-state index in [1.165, 1.54) is 7.11 Å². The van der Waals surface area contributed by atoms with E-state index in [1.807, 2.05) is 0 Å². The molecule has 8 nitrogen and oxygen atoms in total.